The molecule has 3 rings (SSSR count). The summed E-state index contributed by atoms with van der Waals surface area (Å²) in [7, 11) is 0. The first-order chi connectivity index (χ1) is 8.62. The number of carboxylic acid groups (broad SMARTS) is 1. The Labute approximate surface area is 106 Å². The van der Waals surface area contributed by atoms with Crippen molar-refractivity contribution in [2.24, 2.45) is 0 Å². The van der Waals surface area contributed by atoms with Gasteiger partial charge in [-0.2, -0.15) is 0 Å². The van der Waals surface area contributed by atoms with Crippen LogP contribution in [-0.2, 0) is 4.79 Å². The molecule has 6 nitrogen and oxygen atoms in total. The molecule has 2 amide bonds. The van der Waals surface area contributed by atoms with Crippen LogP contribution in [-0.4, -0.2) is 64.7 Å². The van der Waals surface area contributed by atoms with E-state index in [0.29, 0.717) is 6.54 Å². The van der Waals surface area contributed by atoms with Gasteiger partial charge in [0, 0.05) is 19.6 Å². The monoisotopic (exact) mass is 253 g/mol. The summed E-state index contributed by atoms with van der Waals surface area (Å²) in [6.45, 7) is 3.22. The summed E-state index contributed by atoms with van der Waals surface area (Å²) < 4.78 is 0. The largest absolute Gasteiger partial charge is 0.481 e. The zero-order valence-corrected chi connectivity index (χ0v) is 10.4. The van der Waals surface area contributed by atoms with E-state index in [2.05, 4.69) is 5.32 Å². The van der Waals surface area contributed by atoms with Gasteiger partial charge in [0.15, 0.2) is 0 Å². The lowest BCUT2D eigenvalue weighted by atomic mass is 10.1. The van der Waals surface area contributed by atoms with Crippen molar-refractivity contribution in [1.82, 2.24) is 15.1 Å². The molecule has 2 saturated heterocycles. The Morgan fingerprint density at radius 3 is 2.89 bits per heavy atom. The number of fused-ring (bicyclic) bond motifs is 1. The number of nitrogens with zero attached hydrogens (tertiary/aromatic N) is 2. The number of amides is 2. The van der Waals surface area contributed by atoms with Gasteiger partial charge in [-0.25, -0.2) is 4.79 Å². The molecule has 0 radical (unpaired) electrons. The van der Waals surface area contributed by atoms with Crippen LogP contribution >= 0.6 is 0 Å². The number of carbonyl (C=O) groups is 2. The SMILES string of the molecule is O=C(O)CC1(N2C[C@@H]3CCNCCN3C2=O)CC1. The van der Waals surface area contributed by atoms with Crippen LogP contribution in [0.15, 0.2) is 0 Å². The lowest BCUT2D eigenvalue weighted by Crippen LogP contribution is -2.43. The summed E-state index contributed by atoms with van der Waals surface area (Å²) in [4.78, 5) is 27.1. The highest BCUT2D eigenvalue weighted by Crippen LogP contribution is 2.47. The summed E-state index contributed by atoms with van der Waals surface area (Å²) in [6.07, 6.45) is 2.73. The maximum atomic E-state index is 12.4. The minimum Gasteiger partial charge on any atom is -0.481 e. The Bertz CT molecular complexity index is 381. The number of urea groups is 1. The van der Waals surface area contributed by atoms with Crippen molar-refractivity contribution in [2.45, 2.75) is 37.3 Å². The van der Waals surface area contributed by atoms with Gasteiger partial charge in [-0.15, -0.1) is 0 Å². The molecule has 0 aromatic carbocycles. The Hall–Kier alpha value is -1.30. The second-order valence-corrected chi connectivity index (χ2v) is 5.57. The van der Waals surface area contributed by atoms with Gasteiger partial charge in [0.25, 0.3) is 0 Å². The highest BCUT2D eigenvalue weighted by atomic mass is 16.4. The molecule has 1 atom stereocenters. The van der Waals surface area contributed by atoms with Gasteiger partial charge in [0.2, 0.25) is 0 Å². The zero-order chi connectivity index (χ0) is 12.8. The predicted molar refractivity (Wildman–Crippen MR) is 64.3 cm³/mol. The molecule has 6 heteroatoms. The molecule has 2 N–H and O–H groups in total. The molecule has 3 aliphatic rings. The van der Waals surface area contributed by atoms with Gasteiger partial charge in [0.1, 0.15) is 0 Å². The van der Waals surface area contributed by atoms with Crippen LogP contribution in [0, 0.1) is 0 Å². The molecule has 3 fully saturated rings. The third kappa shape index (κ3) is 1.84. The zero-order valence-electron chi connectivity index (χ0n) is 10.4. The first-order valence-corrected chi connectivity index (χ1v) is 6.63. The molecular weight excluding hydrogens is 234 g/mol. The van der Waals surface area contributed by atoms with Crippen molar-refractivity contribution in [3.05, 3.63) is 0 Å². The van der Waals surface area contributed by atoms with E-state index < -0.39 is 5.97 Å². The van der Waals surface area contributed by atoms with Crippen molar-refractivity contribution in [3.63, 3.8) is 0 Å². The van der Waals surface area contributed by atoms with Crippen LogP contribution < -0.4 is 5.32 Å². The molecule has 0 unspecified atom stereocenters. The number of carbonyl (C=O) groups excluding carboxylic acids is 1. The minimum absolute atomic E-state index is 0.0439. The summed E-state index contributed by atoms with van der Waals surface area (Å²) in [5, 5.41) is 12.3. The van der Waals surface area contributed by atoms with E-state index in [4.69, 9.17) is 5.11 Å². The van der Waals surface area contributed by atoms with Crippen molar-refractivity contribution < 1.29 is 14.7 Å². The van der Waals surface area contributed by atoms with Gasteiger partial charge >= 0.3 is 12.0 Å². The standard InChI is InChI=1S/C12H19N3O3/c16-10(17)7-12(2-3-12)15-8-9-1-4-13-5-6-14(9)11(15)18/h9,13H,1-8H2,(H,16,17)/t9-/m0/s1. The highest BCUT2D eigenvalue weighted by molar-refractivity contribution is 5.80. The van der Waals surface area contributed by atoms with E-state index in [0.717, 1.165) is 38.9 Å². The number of nitrogens with one attached hydrogen (secondary N) is 1. The van der Waals surface area contributed by atoms with Gasteiger partial charge in [-0.3, -0.25) is 4.79 Å². The second-order valence-electron chi connectivity index (χ2n) is 5.57. The van der Waals surface area contributed by atoms with Crippen molar-refractivity contribution in [1.29, 1.82) is 0 Å². The summed E-state index contributed by atoms with van der Waals surface area (Å²) in [5.41, 5.74) is -0.372. The normalized spacial score (nSPS) is 30.0. The molecular formula is C12H19N3O3. The molecule has 0 aromatic rings. The first-order valence-electron chi connectivity index (χ1n) is 6.63. The van der Waals surface area contributed by atoms with E-state index in [9.17, 15) is 9.59 Å². The van der Waals surface area contributed by atoms with E-state index in [-0.39, 0.29) is 24.0 Å². The third-order valence-electron chi connectivity index (χ3n) is 4.37. The van der Waals surface area contributed by atoms with Crippen LogP contribution in [0.4, 0.5) is 4.79 Å². The fourth-order valence-electron chi connectivity index (χ4n) is 3.18. The first kappa shape index (κ1) is 11.8. The van der Waals surface area contributed by atoms with Crippen molar-refractivity contribution in [2.75, 3.05) is 26.2 Å². The van der Waals surface area contributed by atoms with Crippen LogP contribution in [0.3, 0.4) is 0 Å². The second kappa shape index (κ2) is 4.12. The highest BCUT2D eigenvalue weighted by Gasteiger charge is 2.56. The van der Waals surface area contributed by atoms with Crippen molar-refractivity contribution in [3.8, 4) is 0 Å². The smallest absolute Gasteiger partial charge is 0.320 e. The van der Waals surface area contributed by atoms with Crippen LogP contribution in [0.5, 0.6) is 0 Å². The molecule has 0 aromatic heterocycles. The molecule has 1 aliphatic carbocycles. The van der Waals surface area contributed by atoms with E-state index >= 15 is 0 Å². The number of hydrogen-bond donors (Lipinski definition) is 2. The summed E-state index contributed by atoms with van der Waals surface area (Å²) >= 11 is 0. The lowest BCUT2D eigenvalue weighted by molar-refractivity contribution is -0.138. The molecule has 2 aliphatic heterocycles. The third-order valence-corrected chi connectivity index (χ3v) is 4.37. The minimum atomic E-state index is -0.802. The number of rotatable bonds is 3. The van der Waals surface area contributed by atoms with Crippen LogP contribution in [0.2, 0.25) is 0 Å². The number of aliphatic carboxylic acids is 1. The fourth-order valence-corrected chi connectivity index (χ4v) is 3.18. The Balaban J connectivity index is 1.75. The van der Waals surface area contributed by atoms with Gasteiger partial charge in [0.05, 0.1) is 18.0 Å². The topological polar surface area (TPSA) is 72.9 Å². The Morgan fingerprint density at radius 2 is 2.22 bits per heavy atom. The molecule has 100 valence electrons. The number of hydrogen-bond acceptors (Lipinski definition) is 3. The maximum Gasteiger partial charge on any atom is 0.320 e. The van der Waals surface area contributed by atoms with Gasteiger partial charge in [-0.1, -0.05) is 0 Å². The summed E-state index contributed by atoms with van der Waals surface area (Å²) in [5.74, 6) is -0.802. The fraction of sp³-hybridized carbons (Fsp3) is 0.833. The average molecular weight is 253 g/mol. The molecule has 18 heavy (non-hydrogen) atoms. The predicted octanol–water partition coefficient (Wildman–Crippen LogP) is 0.0932. The molecule has 2 heterocycles. The van der Waals surface area contributed by atoms with E-state index in [1.54, 1.807) is 0 Å². The Kier molecular flexibility index (Phi) is 2.69. The van der Waals surface area contributed by atoms with Crippen molar-refractivity contribution >= 4 is 12.0 Å². The Morgan fingerprint density at radius 1 is 1.44 bits per heavy atom. The van der Waals surface area contributed by atoms with Gasteiger partial charge in [-0.05, 0) is 25.8 Å². The van der Waals surface area contributed by atoms with Crippen LogP contribution in [0.1, 0.15) is 25.7 Å². The van der Waals surface area contributed by atoms with E-state index in [1.165, 1.54) is 0 Å². The number of carboxylic acids is 1. The average Bonchev–Trinajstić information content (AvgIpc) is 3.04. The van der Waals surface area contributed by atoms with E-state index in [1.807, 2.05) is 9.80 Å². The lowest BCUT2D eigenvalue weighted by Gasteiger charge is -2.26. The van der Waals surface area contributed by atoms with Crippen LogP contribution in [0.25, 0.3) is 0 Å². The molecule has 1 saturated carbocycles. The quantitative estimate of drug-likeness (QED) is 0.748. The summed E-state index contributed by atoms with van der Waals surface area (Å²) in [6, 6.07) is 0.307. The molecule has 0 spiro atoms. The van der Waals surface area contributed by atoms with Gasteiger partial charge < -0.3 is 20.2 Å². The maximum absolute atomic E-state index is 12.4. The molecule has 0 bridgehead atoms.